The van der Waals surface area contributed by atoms with Gasteiger partial charge in [-0.15, -0.1) is 10.2 Å². The van der Waals surface area contributed by atoms with E-state index >= 15 is 0 Å². The van der Waals surface area contributed by atoms with Gasteiger partial charge in [0, 0.05) is 31.4 Å². The number of fused-ring (bicyclic) bond motifs is 2. The number of aryl methyl sites for hydroxylation is 1. The first-order chi connectivity index (χ1) is 17.2. The maximum atomic E-state index is 13.6. The number of aromatic amines is 1. The second-order valence-corrected chi connectivity index (χ2v) is 8.41. The Balaban J connectivity index is 1.42. The molecular formula is C22H18F3N9O2. The van der Waals surface area contributed by atoms with Crippen molar-refractivity contribution in [3.63, 3.8) is 0 Å². The molecular weight excluding hydrogens is 479 g/mol. The van der Waals surface area contributed by atoms with Crippen molar-refractivity contribution in [3.05, 3.63) is 71.1 Å². The number of pyridine rings is 1. The van der Waals surface area contributed by atoms with Crippen LogP contribution in [-0.4, -0.2) is 56.9 Å². The molecule has 0 unspecified atom stereocenters. The summed E-state index contributed by atoms with van der Waals surface area (Å²) in [5.41, 5.74) is 2.19. The largest absolute Gasteiger partial charge is 0.433 e. The molecule has 1 aliphatic heterocycles. The average Bonchev–Trinajstić information content (AvgIpc) is 3.64. The van der Waals surface area contributed by atoms with Crippen LogP contribution in [0.5, 0.6) is 0 Å². The van der Waals surface area contributed by atoms with Crippen LogP contribution in [0.1, 0.15) is 45.2 Å². The SMILES string of the molecule is Cc1c(-c2nnc(C(=O)N3CCc4[nH]cnc4[C@@H]3c3cc4cccc(C(F)(F)F)n4n3)o2)cnn1C. The Morgan fingerprint density at radius 1 is 1.25 bits per heavy atom. The van der Waals surface area contributed by atoms with Crippen molar-refractivity contribution in [1.82, 2.24) is 44.5 Å². The van der Waals surface area contributed by atoms with Crippen LogP contribution in [0, 0.1) is 6.92 Å². The lowest BCUT2D eigenvalue weighted by atomic mass is 9.99. The number of H-pyrrole nitrogens is 1. The van der Waals surface area contributed by atoms with Crippen LogP contribution in [0.15, 0.2) is 41.2 Å². The van der Waals surface area contributed by atoms with Crippen molar-refractivity contribution in [3.8, 4) is 11.5 Å². The molecule has 1 aliphatic rings. The molecule has 184 valence electrons. The molecule has 1 amide bonds. The molecule has 0 bridgehead atoms. The van der Waals surface area contributed by atoms with Gasteiger partial charge in [0.2, 0.25) is 0 Å². The first-order valence-corrected chi connectivity index (χ1v) is 10.9. The number of halogens is 3. The number of imidazole rings is 1. The van der Waals surface area contributed by atoms with E-state index in [2.05, 4.69) is 30.4 Å². The van der Waals surface area contributed by atoms with Gasteiger partial charge in [0.15, 0.2) is 0 Å². The number of aromatic nitrogens is 8. The summed E-state index contributed by atoms with van der Waals surface area (Å²) in [7, 11) is 1.76. The Kier molecular flexibility index (Phi) is 4.74. The second kappa shape index (κ2) is 7.76. The number of carbonyl (C=O) groups is 1. The van der Waals surface area contributed by atoms with Crippen LogP contribution in [0.4, 0.5) is 13.2 Å². The fraction of sp³-hybridized carbons (Fsp3) is 0.273. The standard InChI is InChI=1S/C22H18F3N9O2/c1-11-13(9-28-32(11)2)19-29-30-20(36-19)21(35)33-7-6-14-17(27-10-26-14)18(33)15-8-12-4-3-5-16(22(23,24)25)34(12)31-15/h3-5,8-10,18H,6-7H2,1-2H3,(H,26,27)/t18-/m0/s1. The number of nitrogens with zero attached hydrogens (tertiary/aromatic N) is 8. The van der Waals surface area contributed by atoms with Gasteiger partial charge in [-0.2, -0.15) is 23.4 Å². The van der Waals surface area contributed by atoms with Gasteiger partial charge in [-0.25, -0.2) is 9.50 Å². The van der Waals surface area contributed by atoms with Crippen LogP contribution in [0.3, 0.4) is 0 Å². The molecule has 5 aromatic heterocycles. The first-order valence-electron chi connectivity index (χ1n) is 10.9. The van der Waals surface area contributed by atoms with Crippen molar-refractivity contribution >= 4 is 11.4 Å². The summed E-state index contributed by atoms with van der Waals surface area (Å²) in [5, 5.41) is 16.3. The molecule has 0 spiro atoms. The van der Waals surface area contributed by atoms with E-state index in [1.165, 1.54) is 29.4 Å². The summed E-state index contributed by atoms with van der Waals surface area (Å²) < 4.78 is 48.9. The van der Waals surface area contributed by atoms with E-state index in [0.717, 1.165) is 22.0 Å². The van der Waals surface area contributed by atoms with Crippen molar-refractivity contribution < 1.29 is 22.4 Å². The van der Waals surface area contributed by atoms with E-state index in [1.807, 2.05) is 6.92 Å². The van der Waals surface area contributed by atoms with E-state index in [0.29, 0.717) is 17.7 Å². The van der Waals surface area contributed by atoms with Gasteiger partial charge < -0.3 is 14.3 Å². The van der Waals surface area contributed by atoms with Crippen LogP contribution < -0.4 is 0 Å². The summed E-state index contributed by atoms with van der Waals surface area (Å²) >= 11 is 0. The maximum Gasteiger partial charge on any atom is 0.433 e. The molecule has 0 saturated carbocycles. The van der Waals surface area contributed by atoms with Crippen LogP contribution in [-0.2, 0) is 19.6 Å². The van der Waals surface area contributed by atoms with E-state index in [-0.39, 0.29) is 29.5 Å². The highest BCUT2D eigenvalue weighted by molar-refractivity contribution is 5.90. The third-order valence-corrected chi connectivity index (χ3v) is 6.34. The summed E-state index contributed by atoms with van der Waals surface area (Å²) in [6, 6.07) is 4.44. The minimum Gasteiger partial charge on any atom is -0.412 e. The summed E-state index contributed by atoms with van der Waals surface area (Å²) in [6.45, 7) is 2.06. The Labute approximate surface area is 200 Å². The minimum atomic E-state index is -4.60. The molecule has 6 heterocycles. The zero-order valence-electron chi connectivity index (χ0n) is 19.0. The van der Waals surface area contributed by atoms with Gasteiger partial charge in [-0.3, -0.25) is 9.48 Å². The number of rotatable bonds is 3. The van der Waals surface area contributed by atoms with Gasteiger partial charge in [0.25, 0.3) is 5.89 Å². The van der Waals surface area contributed by atoms with Crippen molar-refractivity contribution in [2.75, 3.05) is 6.54 Å². The molecule has 36 heavy (non-hydrogen) atoms. The molecule has 6 rings (SSSR count). The first kappa shape index (κ1) is 22.0. The Morgan fingerprint density at radius 2 is 2.08 bits per heavy atom. The highest BCUT2D eigenvalue weighted by atomic mass is 19.4. The molecule has 0 fully saturated rings. The Bertz CT molecular complexity index is 1610. The molecule has 0 aromatic carbocycles. The summed E-state index contributed by atoms with van der Waals surface area (Å²) in [5.74, 6) is -0.695. The quantitative estimate of drug-likeness (QED) is 0.407. The van der Waals surface area contributed by atoms with Gasteiger partial charge in [-0.1, -0.05) is 6.07 Å². The van der Waals surface area contributed by atoms with E-state index in [4.69, 9.17) is 4.42 Å². The molecule has 1 atom stereocenters. The lowest BCUT2D eigenvalue weighted by Crippen LogP contribution is -2.41. The van der Waals surface area contributed by atoms with Crippen molar-refractivity contribution in [1.29, 1.82) is 0 Å². The number of amides is 1. The molecule has 0 aliphatic carbocycles. The molecule has 5 aromatic rings. The van der Waals surface area contributed by atoms with Crippen molar-refractivity contribution in [2.45, 2.75) is 25.6 Å². The number of hydrogen-bond donors (Lipinski definition) is 1. The van der Waals surface area contributed by atoms with Crippen LogP contribution >= 0.6 is 0 Å². The van der Waals surface area contributed by atoms with Crippen LogP contribution in [0.25, 0.3) is 17.0 Å². The zero-order chi connectivity index (χ0) is 25.2. The topological polar surface area (TPSA) is 123 Å². The molecule has 1 N–H and O–H groups in total. The van der Waals surface area contributed by atoms with Gasteiger partial charge >= 0.3 is 18.0 Å². The monoisotopic (exact) mass is 497 g/mol. The van der Waals surface area contributed by atoms with E-state index < -0.39 is 23.8 Å². The lowest BCUT2D eigenvalue weighted by molar-refractivity contribution is -0.142. The normalized spacial score (nSPS) is 16.0. The summed E-state index contributed by atoms with van der Waals surface area (Å²) in [4.78, 5) is 22.4. The molecule has 11 nitrogen and oxygen atoms in total. The predicted molar refractivity (Wildman–Crippen MR) is 117 cm³/mol. The third kappa shape index (κ3) is 3.36. The number of carbonyl (C=O) groups excluding carboxylic acids is 1. The van der Waals surface area contributed by atoms with Gasteiger partial charge in [0.1, 0.15) is 11.7 Å². The van der Waals surface area contributed by atoms with Crippen LogP contribution in [0.2, 0.25) is 0 Å². The minimum absolute atomic E-state index is 0.139. The zero-order valence-corrected chi connectivity index (χ0v) is 19.0. The smallest absolute Gasteiger partial charge is 0.412 e. The maximum absolute atomic E-state index is 13.6. The predicted octanol–water partition coefficient (Wildman–Crippen LogP) is 2.96. The average molecular weight is 497 g/mol. The molecule has 14 heteroatoms. The fourth-order valence-electron chi connectivity index (χ4n) is 4.43. The molecule has 0 radical (unpaired) electrons. The number of hydrogen-bond acceptors (Lipinski definition) is 7. The van der Waals surface area contributed by atoms with Crippen molar-refractivity contribution in [2.24, 2.45) is 7.05 Å². The van der Waals surface area contributed by atoms with E-state index in [9.17, 15) is 18.0 Å². The summed E-state index contributed by atoms with van der Waals surface area (Å²) in [6.07, 6.45) is -1.10. The second-order valence-electron chi connectivity index (χ2n) is 8.41. The van der Waals surface area contributed by atoms with Gasteiger partial charge in [-0.05, 0) is 25.1 Å². The number of alkyl halides is 3. The Hall–Kier alpha value is -4.49. The third-order valence-electron chi connectivity index (χ3n) is 6.34. The molecule has 0 saturated heterocycles. The van der Waals surface area contributed by atoms with E-state index in [1.54, 1.807) is 17.9 Å². The highest BCUT2D eigenvalue weighted by Gasteiger charge is 2.39. The highest BCUT2D eigenvalue weighted by Crippen LogP contribution is 2.36. The number of nitrogens with one attached hydrogen (secondary N) is 1. The van der Waals surface area contributed by atoms with Gasteiger partial charge in [0.05, 0.1) is 35.0 Å². The lowest BCUT2D eigenvalue weighted by Gasteiger charge is -2.32. The fourth-order valence-corrected chi connectivity index (χ4v) is 4.43. The Morgan fingerprint density at radius 3 is 2.83 bits per heavy atom.